The monoisotopic (exact) mass is 450 g/mol. The summed E-state index contributed by atoms with van der Waals surface area (Å²) in [6, 6.07) is 11.6. The van der Waals surface area contributed by atoms with E-state index in [-0.39, 0.29) is 5.91 Å². The second-order valence-corrected chi connectivity index (χ2v) is 8.75. The molecule has 2 aromatic carbocycles. The maximum absolute atomic E-state index is 13.0. The molecule has 0 saturated heterocycles. The van der Waals surface area contributed by atoms with Gasteiger partial charge in [0, 0.05) is 18.1 Å². The van der Waals surface area contributed by atoms with Gasteiger partial charge in [-0.2, -0.15) is 4.98 Å². The summed E-state index contributed by atoms with van der Waals surface area (Å²) in [5.74, 6) is 1.81. The van der Waals surface area contributed by atoms with Crippen molar-refractivity contribution >= 4 is 23.4 Å². The molecule has 166 valence electrons. The Morgan fingerprint density at radius 2 is 1.91 bits per heavy atom. The van der Waals surface area contributed by atoms with Gasteiger partial charge in [-0.25, -0.2) is 0 Å². The number of amides is 1. The van der Waals surface area contributed by atoms with Crippen molar-refractivity contribution in [1.82, 2.24) is 15.2 Å². The van der Waals surface area contributed by atoms with Crippen molar-refractivity contribution in [1.29, 1.82) is 0 Å². The molecule has 4 rings (SSSR count). The number of ether oxygens (including phenoxy) is 2. The fourth-order valence-electron chi connectivity index (χ4n) is 3.91. The van der Waals surface area contributed by atoms with Crippen molar-refractivity contribution in [3.8, 4) is 22.9 Å². The number of carbonyl (C=O) groups is 1. The highest BCUT2D eigenvalue weighted by Gasteiger charge is 2.35. The number of aryl methyl sites for hydroxylation is 2. The number of nitrogens with zero attached hydrogens (tertiary/aromatic N) is 4. The number of benzene rings is 2. The van der Waals surface area contributed by atoms with Crippen LogP contribution in [0.3, 0.4) is 0 Å². The number of hydrogen-bond acceptors (Lipinski definition) is 7. The normalized spacial score (nSPS) is 14.8. The molecule has 0 spiro atoms. The highest BCUT2D eigenvalue weighted by Crippen LogP contribution is 2.45. The first-order valence-corrected chi connectivity index (χ1v) is 11.6. The standard InChI is InChI=1S/C24H26N4O3S/c1-6-30-18-10-8-17(9-11-18)23-28(16(5)29)21-15(4)12-14(3)13-19(21)20-22(31-23)25-24(27-26-20)32-7-2/h8-13,23H,6-7H2,1-5H3/t23-/m1/s1. The lowest BCUT2D eigenvalue weighted by Crippen LogP contribution is -2.36. The minimum absolute atomic E-state index is 0.138. The van der Waals surface area contributed by atoms with Crippen LogP contribution >= 0.6 is 11.8 Å². The quantitative estimate of drug-likeness (QED) is 0.500. The first-order chi connectivity index (χ1) is 15.4. The predicted molar refractivity (Wildman–Crippen MR) is 125 cm³/mol. The summed E-state index contributed by atoms with van der Waals surface area (Å²) in [4.78, 5) is 19.3. The van der Waals surface area contributed by atoms with Crippen LogP contribution in [-0.2, 0) is 4.79 Å². The number of rotatable bonds is 5. The number of carbonyl (C=O) groups excluding carboxylic acids is 1. The Bertz CT molecular complexity index is 1150. The number of aromatic nitrogens is 3. The van der Waals surface area contributed by atoms with E-state index in [1.807, 2.05) is 58.0 Å². The van der Waals surface area contributed by atoms with E-state index in [2.05, 4.69) is 21.2 Å². The molecule has 1 amide bonds. The summed E-state index contributed by atoms with van der Waals surface area (Å²) in [5.41, 5.74) is 4.90. The fraction of sp³-hybridized carbons (Fsp3) is 0.333. The van der Waals surface area contributed by atoms with Gasteiger partial charge in [-0.05, 0) is 62.4 Å². The molecule has 32 heavy (non-hydrogen) atoms. The van der Waals surface area contributed by atoms with Gasteiger partial charge in [0.25, 0.3) is 0 Å². The van der Waals surface area contributed by atoms with Crippen LogP contribution < -0.4 is 14.4 Å². The van der Waals surface area contributed by atoms with Crippen molar-refractivity contribution in [2.45, 2.75) is 46.0 Å². The highest BCUT2D eigenvalue weighted by atomic mass is 32.2. The Morgan fingerprint density at radius 3 is 2.56 bits per heavy atom. The van der Waals surface area contributed by atoms with Gasteiger partial charge in [0.05, 0.1) is 12.3 Å². The number of thioether (sulfide) groups is 1. The Labute approximate surface area is 192 Å². The molecule has 2 heterocycles. The van der Waals surface area contributed by atoms with Gasteiger partial charge in [0.15, 0.2) is 5.69 Å². The average molecular weight is 451 g/mol. The molecule has 0 aliphatic carbocycles. The molecular weight excluding hydrogens is 424 g/mol. The molecule has 1 aromatic heterocycles. The molecule has 0 unspecified atom stereocenters. The summed E-state index contributed by atoms with van der Waals surface area (Å²) in [7, 11) is 0. The third-order valence-corrected chi connectivity index (χ3v) is 5.84. The number of anilines is 1. The van der Waals surface area contributed by atoms with Crippen LogP contribution in [-0.4, -0.2) is 33.4 Å². The van der Waals surface area contributed by atoms with Crippen LogP contribution in [0.5, 0.6) is 11.6 Å². The van der Waals surface area contributed by atoms with Gasteiger partial charge in [-0.1, -0.05) is 30.3 Å². The smallest absolute Gasteiger partial charge is 0.247 e. The molecule has 0 fully saturated rings. The van der Waals surface area contributed by atoms with Gasteiger partial charge >= 0.3 is 0 Å². The van der Waals surface area contributed by atoms with Gasteiger partial charge in [0.1, 0.15) is 5.75 Å². The van der Waals surface area contributed by atoms with Crippen LogP contribution in [0.15, 0.2) is 41.6 Å². The van der Waals surface area contributed by atoms with E-state index in [1.54, 1.807) is 11.8 Å². The van der Waals surface area contributed by atoms with E-state index in [1.165, 1.54) is 11.8 Å². The number of fused-ring (bicyclic) bond motifs is 3. The van der Waals surface area contributed by atoms with E-state index in [9.17, 15) is 4.79 Å². The molecule has 1 atom stereocenters. The summed E-state index contributed by atoms with van der Waals surface area (Å²) >= 11 is 1.49. The first kappa shape index (κ1) is 22.1. The molecular formula is C24H26N4O3S. The second-order valence-electron chi connectivity index (χ2n) is 7.52. The Balaban J connectivity index is 1.94. The summed E-state index contributed by atoms with van der Waals surface area (Å²) in [5, 5.41) is 9.29. The topological polar surface area (TPSA) is 77.4 Å². The van der Waals surface area contributed by atoms with Gasteiger partial charge < -0.3 is 9.47 Å². The van der Waals surface area contributed by atoms with E-state index < -0.39 is 6.23 Å². The lowest BCUT2D eigenvalue weighted by atomic mass is 10.00. The van der Waals surface area contributed by atoms with Crippen molar-refractivity contribution in [2.75, 3.05) is 17.3 Å². The molecule has 1 aliphatic heterocycles. The molecule has 8 heteroatoms. The third kappa shape index (κ3) is 4.14. The van der Waals surface area contributed by atoms with Crippen LogP contribution in [0.4, 0.5) is 5.69 Å². The molecule has 0 N–H and O–H groups in total. The van der Waals surface area contributed by atoms with Crippen molar-refractivity contribution in [3.05, 3.63) is 53.1 Å². The average Bonchev–Trinajstić information content (AvgIpc) is 2.89. The SMILES string of the molecule is CCOc1ccc([C@H]2Oc3nc(SCC)nnc3-c3cc(C)cc(C)c3N2C(C)=O)cc1. The minimum atomic E-state index is -0.708. The maximum atomic E-state index is 13.0. The van der Waals surface area contributed by atoms with Gasteiger partial charge in [-0.3, -0.25) is 9.69 Å². The Morgan fingerprint density at radius 1 is 1.16 bits per heavy atom. The Kier molecular flexibility index (Phi) is 6.32. The zero-order valence-electron chi connectivity index (χ0n) is 18.9. The first-order valence-electron chi connectivity index (χ1n) is 10.6. The fourth-order valence-corrected chi connectivity index (χ4v) is 4.41. The number of hydrogen-bond donors (Lipinski definition) is 0. The van der Waals surface area contributed by atoms with Crippen LogP contribution in [0.2, 0.25) is 0 Å². The maximum Gasteiger partial charge on any atom is 0.247 e. The largest absolute Gasteiger partial charge is 0.494 e. The van der Waals surface area contributed by atoms with Crippen molar-refractivity contribution < 1.29 is 14.3 Å². The summed E-state index contributed by atoms with van der Waals surface area (Å²) < 4.78 is 12.0. The van der Waals surface area contributed by atoms with E-state index in [0.29, 0.717) is 23.3 Å². The Hall–Kier alpha value is -3.13. The zero-order valence-corrected chi connectivity index (χ0v) is 19.7. The molecule has 0 saturated carbocycles. The lowest BCUT2D eigenvalue weighted by molar-refractivity contribution is -0.118. The summed E-state index contributed by atoms with van der Waals surface area (Å²) in [6.07, 6.45) is -0.708. The van der Waals surface area contributed by atoms with E-state index >= 15 is 0 Å². The zero-order chi connectivity index (χ0) is 22.8. The summed E-state index contributed by atoms with van der Waals surface area (Å²) in [6.45, 7) is 10.1. The van der Waals surface area contributed by atoms with E-state index in [4.69, 9.17) is 9.47 Å². The molecule has 7 nitrogen and oxygen atoms in total. The van der Waals surface area contributed by atoms with Gasteiger partial charge in [-0.15, -0.1) is 10.2 Å². The molecule has 0 radical (unpaired) electrons. The highest BCUT2D eigenvalue weighted by molar-refractivity contribution is 7.99. The minimum Gasteiger partial charge on any atom is -0.494 e. The predicted octanol–water partition coefficient (Wildman–Crippen LogP) is 5.11. The molecule has 0 bridgehead atoms. The lowest BCUT2D eigenvalue weighted by Gasteiger charge is -2.31. The molecule has 1 aliphatic rings. The van der Waals surface area contributed by atoms with Crippen molar-refractivity contribution in [3.63, 3.8) is 0 Å². The van der Waals surface area contributed by atoms with E-state index in [0.717, 1.165) is 39.4 Å². The van der Waals surface area contributed by atoms with Crippen molar-refractivity contribution in [2.24, 2.45) is 0 Å². The van der Waals surface area contributed by atoms with Gasteiger partial charge in [0.2, 0.25) is 23.2 Å². The van der Waals surface area contributed by atoms with Crippen LogP contribution in [0.25, 0.3) is 11.3 Å². The molecule has 3 aromatic rings. The van der Waals surface area contributed by atoms with Crippen LogP contribution in [0, 0.1) is 13.8 Å². The van der Waals surface area contributed by atoms with Crippen LogP contribution in [0.1, 0.15) is 43.7 Å². The third-order valence-electron chi connectivity index (χ3n) is 5.12. The second kappa shape index (κ2) is 9.16.